The summed E-state index contributed by atoms with van der Waals surface area (Å²) >= 11 is 0. The Balaban J connectivity index is 2.58. The molecule has 1 rings (SSSR count). The molecule has 0 aromatic heterocycles. The van der Waals surface area contributed by atoms with E-state index in [1.807, 2.05) is 27.7 Å². The number of carbonyl (C=O) groups is 1. The van der Waals surface area contributed by atoms with Crippen molar-refractivity contribution in [3.63, 3.8) is 0 Å². The first-order valence-corrected chi connectivity index (χ1v) is 4.62. The van der Waals surface area contributed by atoms with Gasteiger partial charge in [0.15, 0.2) is 0 Å². The van der Waals surface area contributed by atoms with Crippen LogP contribution in [0.15, 0.2) is 11.1 Å². The maximum Gasteiger partial charge on any atom is 0.247 e. The van der Waals surface area contributed by atoms with Gasteiger partial charge in [0.2, 0.25) is 5.91 Å². The van der Waals surface area contributed by atoms with E-state index in [2.05, 4.69) is 10.6 Å². The van der Waals surface area contributed by atoms with Gasteiger partial charge in [0.05, 0.1) is 0 Å². The zero-order valence-corrected chi connectivity index (χ0v) is 8.82. The molecule has 1 amide bonds. The molecule has 0 spiro atoms. The first-order chi connectivity index (χ1) is 5.90. The van der Waals surface area contributed by atoms with Crippen LogP contribution >= 0.6 is 0 Å². The zero-order chi connectivity index (χ0) is 10.1. The highest BCUT2D eigenvalue weighted by atomic mass is 16.1. The van der Waals surface area contributed by atoms with Gasteiger partial charge < -0.3 is 10.6 Å². The van der Waals surface area contributed by atoms with Crippen LogP contribution in [0.1, 0.15) is 27.7 Å². The van der Waals surface area contributed by atoms with Crippen LogP contribution in [0.3, 0.4) is 0 Å². The van der Waals surface area contributed by atoms with E-state index in [1.165, 1.54) is 5.57 Å². The molecular formula is C10H18N2O. The Morgan fingerprint density at radius 2 is 1.92 bits per heavy atom. The van der Waals surface area contributed by atoms with Crippen molar-refractivity contribution in [1.82, 2.24) is 10.6 Å². The molecule has 0 aromatic carbocycles. The second kappa shape index (κ2) is 3.50. The summed E-state index contributed by atoms with van der Waals surface area (Å²) in [4.78, 5) is 11.6. The van der Waals surface area contributed by atoms with Crippen LogP contribution in [0, 0.1) is 0 Å². The van der Waals surface area contributed by atoms with Crippen LogP contribution < -0.4 is 10.6 Å². The van der Waals surface area contributed by atoms with Crippen LogP contribution in [0.2, 0.25) is 0 Å². The van der Waals surface area contributed by atoms with E-state index in [0.717, 1.165) is 18.7 Å². The molecule has 1 heterocycles. The lowest BCUT2D eigenvalue weighted by atomic mass is 10.0. The number of hydrogen-bond acceptors (Lipinski definition) is 2. The third-order valence-corrected chi connectivity index (χ3v) is 2.04. The van der Waals surface area contributed by atoms with Crippen molar-refractivity contribution >= 4 is 5.91 Å². The molecule has 74 valence electrons. The predicted molar refractivity (Wildman–Crippen MR) is 53.5 cm³/mol. The van der Waals surface area contributed by atoms with Gasteiger partial charge in [-0.3, -0.25) is 4.79 Å². The van der Waals surface area contributed by atoms with Gasteiger partial charge in [-0.25, -0.2) is 0 Å². The largest absolute Gasteiger partial charge is 0.348 e. The Kier molecular flexibility index (Phi) is 2.76. The summed E-state index contributed by atoms with van der Waals surface area (Å²) in [5, 5.41) is 6.07. The van der Waals surface area contributed by atoms with Gasteiger partial charge in [0.1, 0.15) is 0 Å². The van der Waals surface area contributed by atoms with Gasteiger partial charge in [-0.2, -0.15) is 0 Å². The fourth-order valence-electron chi connectivity index (χ4n) is 1.11. The minimum Gasteiger partial charge on any atom is -0.348 e. The number of carbonyl (C=O) groups excluding carboxylic acids is 1. The van der Waals surface area contributed by atoms with Crippen LogP contribution in [0.25, 0.3) is 0 Å². The Bertz CT molecular complexity index is 242. The molecule has 13 heavy (non-hydrogen) atoms. The van der Waals surface area contributed by atoms with E-state index in [4.69, 9.17) is 0 Å². The van der Waals surface area contributed by atoms with Crippen LogP contribution in [-0.4, -0.2) is 24.5 Å². The molecule has 0 aromatic rings. The molecule has 3 nitrogen and oxygen atoms in total. The van der Waals surface area contributed by atoms with Crippen LogP contribution in [0.5, 0.6) is 0 Å². The van der Waals surface area contributed by atoms with Crippen molar-refractivity contribution in [3.05, 3.63) is 11.1 Å². The normalized spacial score (nSPS) is 16.5. The molecule has 1 saturated heterocycles. The smallest absolute Gasteiger partial charge is 0.247 e. The fraction of sp³-hybridized carbons (Fsp3) is 0.700. The highest BCUT2D eigenvalue weighted by Gasteiger charge is 2.19. The van der Waals surface area contributed by atoms with E-state index < -0.39 is 0 Å². The number of rotatable bonds is 1. The Morgan fingerprint density at radius 3 is 2.23 bits per heavy atom. The molecule has 2 N–H and O–H groups in total. The maximum absolute atomic E-state index is 11.6. The van der Waals surface area contributed by atoms with Crippen molar-refractivity contribution in [3.8, 4) is 0 Å². The van der Waals surface area contributed by atoms with Crippen molar-refractivity contribution in [2.75, 3.05) is 13.1 Å². The van der Waals surface area contributed by atoms with Crippen molar-refractivity contribution in [2.45, 2.75) is 33.2 Å². The second-order valence-electron chi connectivity index (χ2n) is 4.54. The fourth-order valence-corrected chi connectivity index (χ4v) is 1.11. The SMILES string of the molecule is CC(C(=O)NC(C)(C)C)=C1CNC1. The lowest BCUT2D eigenvalue weighted by Gasteiger charge is -2.25. The number of amides is 1. The highest BCUT2D eigenvalue weighted by Crippen LogP contribution is 2.10. The molecule has 1 aliphatic heterocycles. The quantitative estimate of drug-likeness (QED) is 0.589. The van der Waals surface area contributed by atoms with Gasteiger partial charge in [-0.05, 0) is 33.3 Å². The molecule has 0 atom stereocenters. The molecule has 0 radical (unpaired) electrons. The van der Waals surface area contributed by atoms with Crippen molar-refractivity contribution in [2.24, 2.45) is 0 Å². The molecule has 0 saturated carbocycles. The summed E-state index contributed by atoms with van der Waals surface area (Å²) in [6.07, 6.45) is 0. The minimum atomic E-state index is -0.143. The summed E-state index contributed by atoms with van der Waals surface area (Å²) in [5.41, 5.74) is 1.95. The molecule has 3 heteroatoms. The lowest BCUT2D eigenvalue weighted by molar-refractivity contribution is -0.118. The van der Waals surface area contributed by atoms with Gasteiger partial charge in [0.25, 0.3) is 0 Å². The first kappa shape index (κ1) is 10.3. The van der Waals surface area contributed by atoms with E-state index in [9.17, 15) is 4.79 Å². The summed E-state index contributed by atoms with van der Waals surface area (Å²) in [6.45, 7) is 9.58. The lowest BCUT2D eigenvalue weighted by Crippen LogP contribution is -2.43. The van der Waals surface area contributed by atoms with Gasteiger partial charge in [-0.1, -0.05) is 0 Å². The average molecular weight is 182 g/mol. The Labute approximate surface area is 79.6 Å². The zero-order valence-electron chi connectivity index (χ0n) is 8.82. The molecule has 1 aliphatic rings. The van der Waals surface area contributed by atoms with Gasteiger partial charge in [-0.15, -0.1) is 0 Å². The summed E-state index contributed by atoms with van der Waals surface area (Å²) in [5.74, 6) is 0.0593. The van der Waals surface area contributed by atoms with Crippen LogP contribution in [-0.2, 0) is 4.79 Å². The predicted octanol–water partition coefficient (Wildman–Crippen LogP) is 0.821. The standard InChI is InChI=1S/C10H18N2O/c1-7(8-5-11-6-8)9(13)12-10(2,3)4/h11H,5-6H2,1-4H3,(H,12,13). The topological polar surface area (TPSA) is 41.1 Å². The molecule has 0 aliphatic carbocycles. The van der Waals surface area contributed by atoms with Gasteiger partial charge >= 0.3 is 0 Å². The van der Waals surface area contributed by atoms with Gasteiger partial charge in [0, 0.05) is 24.2 Å². The average Bonchev–Trinajstić information content (AvgIpc) is 1.78. The maximum atomic E-state index is 11.6. The molecule has 0 bridgehead atoms. The third kappa shape index (κ3) is 2.84. The van der Waals surface area contributed by atoms with E-state index in [1.54, 1.807) is 0 Å². The molecule has 1 fully saturated rings. The Hall–Kier alpha value is -0.830. The summed E-state index contributed by atoms with van der Waals surface area (Å²) in [6, 6.07) is 0. The van der Waals surface area contributed by atoms with Crippen molar-refractivity contribution in [1.29, 1.82) is 0 Å². The third-order valence-electron chi connectivity index (χ3n) is 2.04. The number of hydrogen-bond donors (Lipinski definition) is 2. The monoisotopic (exact) mass is 182 g/mol. The Morgan fingerprint density at radius 1 is 1.38 bits per heavy atom. The van der Waals surface area contributed by atoms with E-state index >= 15 is 0 Å². The van der Waals surface area contributed by atoms with E-state index in [0.29, 0.717) is 0 Å². The van der Waals surface area contributed by atoms with Crippen LogP contribution in [0.4, 0.5) is 0 Å². The second-order valence-corrected chi connectivity index (χ2v) is 4.54. The highest BCUT2D eigenvalue weighted by molar-refractivity contribution is 5.94. The summed E-state index contributed by atoms with van der Waals surface area (Å²) < 4.78 is 0. The minimum absolute atomic E-state index is 0.0593. The number of nitrogens with one attached hydrogen (secondary N) is 2. The molecule has 0 unspecified atom stereocenters. The van der Waals surface area contributed by atoms with Crippen molar-refractivity contribution < 1.29 is 4.79 Å². The summed E-state index contributed by atoms with van der Waals surface area (Å²) in [7, 11) is 0. The first-order valence-electron chi connectivity index (χ1n) is 4.62. The molecular weight excluding hydrogens is 164 g/mol. The van der Waals surface area contributed by atoms with E-state index in [-0.39, 0.29) is 11.4 Å².